The average molecular weight is 376 g/mol. The molecule has 0 atom stereocenters. The van der Waals surface area contributed by atoms with Crippen LogP contribution in [-0.4, -0.2) is 44.7 Å². The minimum atomic E-state index is -3.68. The Morgan fingerprint density at radius 3 is 2.19 bits per heavy atom. The van der Waals surface area contributed by atoms with Gasteiger partial charge < -0.3 is 9.64 Å². The highest BCUT2D eigenvalue weighted by Crippen LogP contribution is 2.24. The number of hydrogen-bond acceptors (Lipinski definition) is 6. The van der Waals surface area contributed by atoms with Gasteiger partial charge in [0.05, 0.1) is 35.2 Å². The van der Waals surface area contributed by atoms with Crippen molar-refractivity contribution in [1.29, 1.82) is 0 Å². The van der Waals surface area contributed by atoms with Gasteiger partial charge in [-0.1, -0.05) is 19.1 Å². The van der Waals surface area contributed by atoms with Crippen LogP contribution in [0.1, 0.15) is 23.9 Å². The summed E-state index contributed by atoms with van der Waals surface area (Å²) in [7, 11) is -3.68. The third kappa shape index (κ3) is 3.96. The minimum Gasteiger partial charge on any atom is -0.378 e. The van der Waals surface area contributed by atoms with Crippen LogP contribution < -0.4 is 9.62 Å². The molecular weight excluding hydrogens is 352 g/mol. The Morgan fingerprint density at radius 1 is 1.08 bits per heavy atom. The summed E-state index contributed by atoms with van der Waals surface area (Å²) < 4.78 is 33.4. The van der Waals surface area contributed by atoms with Gasteiger partial charge >= 0.3 is 0 Å². The maximum absolute atomic E-state index is 12.7. The van der Waals surface area contributed by atoms with E-state index in [1.54, 1.807) is 26.0 Å². The molecule has 1 aromatic carbocycles. The fourth-order valence-corrected chi connectivity index (χ4v) is 4.03. The molecule has 1 aromatic heterocycles. The standard InChI is InChI=1S/C18H24N4O3S/c1-4-15-5-7-16(8-6-15)26(23,24)21-17-13(2)19-18(20-14(17)3)22-9-11-25-12-10-22/h5-8,21H,4,9-12H2,1-3H3. The van der Waals surface area contributed by atoms with Gasteiger partial charge in [0.25, 0.3) is 10.0 Å². The number of rotatable bonds is 5. The van der Waals surface area contributed by atoms with Gasteiger partial charge in [-0.05, 0) is 38.0 Å². The van der Waals surface area contributed by atoms with Crippen LogP contribution in [0.5, 0.6) is 0 Å². The van der Waals surface area contributed by atoms with E-state index in [1.165, 1.54) is 0 Å². The summed E-state index contributed by atoms with van der Waals surface area (Å²) in [4.78, 5) is 11.3. The third-order valence-corrected chi connectivity index (χ3v) is 5.80. The zero-order chi connectivity index (χ0) is 18.7. The molecule has 0 unspecified atom stereocenters. The van der Waals surface area contributed by atoms with Gasteiger partial charge in [0.1, 0.15) is 0 Å². The maximum Gasteiger partial charge on any atom is 0.262 e. The zero-order valence-corrected chi connectivity index (χ0v) is 16.1. The molecule has 26 heavy (non-hydrogen) atoms. The highest BCUT2D eigenvalue weighted by Gasteiger charge is 2.21. The molecule has 0 aliphatic carbocycles. The van der Waals surface area contributed by atoms with Crippen molar-refractivity contribution in [3.63, 3.8) is 0 Å². The molecule has 1 aliphatic heterocycles. The van der Waals surface area contributed by atoms with Crippen molar-refractivity contribution in [3.8, 4) is 0 Å². The number of aryl methyl sites for hydroxylation is 3. The van der Waals surface area contributed by atoms with Gasteiger partial charge in [-0.3, -0.25) is 4.72 Å². The second kappa shape index (κ2) is 7.59. The maximum atomic E-state index is 12.7. The lowest BCUT2D eigenvalue weighted by Gasteiger charge is -2.27. The lowest BCUT2D eigenvalue weighted by atomic mass is 10.2. The Labute approximate surface area is 154 Å². The summed E-state index contributed by atoms with van der Waals surface area (Å²) in [6.07, 6.45) is 0.864. The summed E-state index contributed by atoms with van der Waals surface area (Å²) in [6.45, 7) is 8.35. The molecule has 2 heterocycles. The lowest BCUT2D eigenvalue weighted by molar-refractivity contribution is 0.122. The van der Waals surface area contributed by atoms with Crippen molar-refractivity contribution >= 4 is 21.7 Å². The molecular formula is C18H24N4O3S. The van der Waals surface area contributed by atoms with Gasteiger partial charge in [0.2, 0.25) is 5.95 Å². The van der Waals surface area contributed by atoms with Crippen molar-refractivity contribution in [1.82, 2.24) is 9.97 Å². The molecule has 1 saturated heterocycles. The number of nitrogens with one attached hydrogen (secondary N) is 1. The summed E-state index contributed by atoms with van der Waals surface area (Å²) in [5.74, 6) is 0.610. The molecule has 1 fully saturated rings. The monoisotopic (exact) mass is 376 g/mol. The van der Waals surface area contributed by atoms with Crippen molar-refractivity contribution in [3.05, 3.63) is 41.2 Å². The first kappa shape index (κ1) is 18.6. The van der Waals surface area contributed by atoms with Gasteiger partial charge in [-0.15, -0.1) is 0 Å². The number of aromatic nitrogens is 2. The fourth-order valence-electron chi connectivity index (χ4n) is 2.85. The van der Waals surface area contributed by atoms with Crippen molar-refractivity contribution in [2.24, 2.45) is 0 Å². The average Bonchev–Trinajstić information content (AvgIpc) is 2.65. The number of benzene rings is 1. The van der Waals surface area contributed by atoms with E-state index in [9.17, 15) is 8.42 Å². The molecule has 1 N–H and O–H groups in total. The fraction of sp³-hybridized carbons (Fsp3) is 0.444. The van der Waals surface area contributed by atoms with Crippen LogP contribution in [0.4, 0.5) is 11.6 Å². The number of nitrogens with zero attached hydrogens (tertiary/aromatic N) is 3. The van der Waals surface area contributed by atoms with Crippen LogP contribution in [0.15, 0.2) is 29.2 Å². The molecule has 0 saturated carbocycles. The van der Waals surface area contributed by atoms with Crippen LogP contribution >= 0.6 is 0 Å². The molecule has 0 radical (unpaired) electrons. The summed E-state index contributed by atoms with van der Waals surface area (Å²) in [6, 6.07) is 6.89. The van der Waals surface area contributed by atoms with Gasteiger partial charge in [-0.25, -0.2) is 18.4 Å². The number of anilines is 2. The topological polar surface area (TPSA) is 84.4 Å². The molecule has 0 bridgehead atoms. The van der Waals surface area contributed by atoms with E-state index in [2.05, 4.69) is 14.7 Å². The van der Waals surface area contributed by atoms with E-state index in [4.69, 9.17) is 4.74 Å². The quantitative estimate of drug-likeness (QED) is 0.862. The predicted octanol–water partition coefficient (Wildman–Crippen LogP) is 2.29. The molecule has 3 rings (SSSR count). The third-order valence-electron chi connectivity index (χ3n) is 4.43. The highest BCUT2D eigenvalue weighted by atomic mass is 32.2. The van der Waals surface area contributed by atoms with Gasteiger partial charge in [0, 0.05) is 13.1 Å². The number of ether oxygens (including phenoxy) is 1. The van der Waals surface area contributed by atoms with Crippen molar-refractivity contribution in [2.45, 2.75) is 32.1 Å². The summed E-state index contributed by atoms with van der Waals surface area (Å²) in [5.41, 5.74) is 2.73. The first-order valence-electron chi connectivity index (χ1n) is 8.70. The van der Waals surface area contributed by atoms with Crippen LogP contribution in [0.25, 0.3) is 0 Å². The Kier molecular flexibility index (Phi) is 5.43. The summed E-state index contributed by atoms with van der Waals surface area (Å²) >= 11 is 0. The zero-order valence-electron chi connectivity index (χ0n) is 15.3. The Morgan fingerprint density at radius 2 is 1.65 bits per heavy atom. The van der Waals surface area contributed by atoms with E-state index in [-0.39, 0.29) is 4.90 Å². The van der Waals surface area contributed by atoms with Crippen LogP contribution in [0.2, 0.25) is 0 Å². The SMILES string of the molecule is CCc1ccc(S(=O)(=O)Nc2c(C)nc(N3CCOCC3)nc2C)cc1. The van der Waals surface area contributed by atoms with Gasteiger partial charge in [0.15, 0.2) is 0 Å². The van der Waals surface area contributed by atoms with Gasteiger partial charge in [-0.2, -0.15) is 0 Å². The Hall–Kier alpha value is -2.19. The molecule has 0 amide bonds. The Bertz CT molecular complexity index is 853. The largest absolute Gasteiger partial charge is 0.378 e. The predicted molar refractivity (Wildman–Crippen MR) is 101 cm³/mol. The second-order valence-corrected chi connectivity index (χ2v) is 7.95. The molecule has 8 heteroatoms. The first-order valence-corrected chi connectivity index (χ1v) is 10.2. The second-order valence-electron chi connectivity index (χ2n) is 6.27. The van der Waals surface area contributed by atoms with Crippen molar-refractivity contribution in [2.75, 3.05) is 35.9 Å². The van der Waals surface area contributed by atoms with Crippen LogP contribution in [-0.2, 0) is 21.2 Å². The Balaban J connectivity index is 1.86. The van der Waals surface area contributed by atoms with E-state index in [1.807, 2.05) is 24.0 Å². The van der Waals surface area contributed by atoms with Crippen LogP contribution in [0.3, 0.4) is 0 Å². The van der Waals surface area contributed by atoms with Crippen LogP contribution in [0, 0.1) is 13.8 Å². The normalized spacial score (nSPS) is 15.1. The molecule has 1 aliphatic rings. The lowest BCUT2D eigenvalue weighted by Crippen LogP contribution is -2.37. The molecule has 140 valence electrons. The molecule has 0 spiro atoms. The molecule has 2 aromatic rings. The van der Waals surface area contributed by atoms with E-state index >= 15 is 0 Å². The smallest absolute Gasteiger partial charge is 0.262 e. The van der Waals surface area contributed by atoms with E-state index in [0.717, 1.165) is 25.1 Å². The number of sulfonamides is 1. The highest BCUT2D eigenvalue weighted by molar-refractivity contribution is 7.92. The molecule has 7 nitrogen and oxygen atoms in total. The number of morpholine rings is 1. The van der Waals surface area contributed by atoms with E-state index in [0.29, 0.717) is 36.2 Å². The minimum absolute atomic E-state index is 0.228. The van der Waals surface area contributed by atoms with Crippen molar-refractivity contribution < 1.29 is 13.2 Å². The summed E-state index contributed by atoms with van der Waals surface area (Å²) in [5, 5.41) is 0. The first-order chi connectivity index (χ1) is 12.4. The number of hydrogen-bond donors (Lipinski definition) is 1. The van der Waals surface area contributed by atoms with E-state index < -0.39 is 10.0 Å².